The number of hydrogen-bond acceptors (Lipinski definition) is 4. The summed E-state index contributed by atoms with van der Waals surface area (Å²) in [6.07, 6.45) is 3.59. The van der Waals surface area contributed by atoms with Gasteiger partial charge in [-0.2, -0.15) is 0 Å². The smallest absolute Gasteiger partial charge is 0.312 e. The third-order valence-corrected chi connectivity index (χ3v) is 5.86. The van der Waals surface area contributed by atoms with Gasteiger partial charge in [0.15, 0.2) is 0 Å². The second-order valence-corrected chi connectivity index (χ2v) is 7.18. The van der Waals surface area contributed by atoms with E-state index in [1.807, 2.05) is 20.8 Å². The van der Waals surface area contributed by atoms with Crippen LogP contribution in [0.5, 0.6) is 0 Å². The number of carbonyl (C=O) groups excluding carboxylic acids is 2. The van der Waals surface area contributed by atoms with Gasteiger partial charge in [-0.15, -0.1) is 0 Å². The van der Waals surface area contributed by atoms with Crippen molar-refractivity contribution in [2.45, 2.75) is 52.6 Å². The second kappa shape index (κ2) is 4.74. The van der Waals surface area contributed by atoms with Gasteiger partial charge in [0.2, 0.25) is 0 Å². The molecule has 0 radical (unpaired) electrons. The first-order chi connectivity index (χ1) is 9.44. The van der Waals surface area contributed by atoms with E-state index in [-0.39, 0.29) is 29.4 Å². The highest BCUT2D eigenvalue weighted by atomic mass is 16.5. The average Bonchev–Trinajstić information content (AvgIpc) is 3.05. The fourth-order valence-electron chi connectivity index (χ4n) is 4.19. The van der Waals surface area contributed by atoms with Gasteiger partial charge in [0.05, 0.1) is 17.9 Å². The Kier molecular flexibility index (Phi) is 3.30. The van der Waals surface area contributed by atoms with E-state index in [2.05, 4.69) is 0 Å². The molecular weight excluding hydrogens is 256 g/mol. The Labute approximate surface area is 120 Å². The Bertz CT molecular complexity index is 430. The van der Waals surface area contributed by atoms with E-state index in [9.17, 15) is 9.59 Å². The molecule has 1 aliphatic heterocycles. The molecule has 3 fully saturated rings. The lowest BCUT2D eigenvalue weighted by atomic mass is 9.71. The normalized spacial score (nSPS) is 40.4. The lowest BCUT2D eigenvalue weighted by Gasteiger charge is -2.33. The Morgan fingerprint density at radius 2 is 2.10 bits per heavy atom. The molecule has 0 aromatic carbocycles. The van der Waals surface area contributed by atoms with Crippen molar-refractivity contribution < 1.29 is 19.1 Å². The molecule has 1 heterocycles. The van der Waals surface area contributed by atoms with Gasteiger partial charge in [-0.1, -0.05) is 20.8 Å². The van der Waals surface area contributed by atoms with E-state index < -0.39 is 0 Å². The summed E-state index contributed by atoms with van der Waals surface area (Å²) in [5, 5.41) is 0. The van der Waals surface area contributed by atoms with Crippen LogP contribution in [0.25, 0.3) is 0 Å². The molecule has 0 aromatic rings. The molecule has 4 nitrogen and oxygen atoms in total. The molecule has 0 aromatic heterocycles. The molecule has 3 aliphatic rings. The number of esters is 2. The SMILES string of the molecule is CC(C)C(C)C(=O)OC1CC2CC1CC21CCOC1=O. The zero-order valence-corrected chi connectivity index (χ0v) is 12.6. The Morgan fingerprint density at radius 1 is 1.35 bits per heavy atom. The van der Waals surface area contributed by atoms with E-state index in [1.165, 1.54) is 0 Å². The monoisotopic (exact) mass is 280 g/mol. The van der Waals surface area contributed by atoms with Crippen molar-refractivity contribution in [1.82, 2.24) is 0 Å². The average molecular weight is 280 g/mol. The van der Waals surface area contributed by atoms with Gasteiger partial charge in [-0.25, -0.2) is 0 Å². The van der Waals surface area contributed by atoms with Gasteiger partial charge < -0.3 is 9.47 Å². The summed E-state index contributed by atoms with van der Waals surface area (Å²) in [5.74, 6) is 0.867. The van der Waals surface area contributed by atoms with Gasteiger partial charge in [0, 0.05) is 0 Å². The van der Waals surface area contributed by atoms with Crippen LogP contribution in [0.15, 0.2) is 0 Å². The lowest BCUT2D eigenvalue weighted by Crippen LogP contribution is -2.38. The molecular formula is C16H24O4. The first-order valence-electron chi connectivity index (χ1n) is 7.82. The molecule has 1 spiro atoms. The highest BCUT2D eigenvalue weighted by molar-refractivity contribution is 5.80. The zero-order chi connectivity index (χ0) is 14.5. The Balaban J connectivity index is 1.62. The molecule has 0 amide bonds. The minimum absolute atomic E-state index is 0.00896. The summed E-state index contributed by atoms with van der Waals surface area (Å²) in [4.78, 5) is 24.1. The molecule has 2 aliphatic carbocycles. The highest BCUT2D eigenvalue weighted by Crippen LogP contribution is 2.60. The topological polar surface area (TPSA) is 52.6 Å². The maximum atomic E-state index is 12.1. The van der Waals surface area contributed by atoms with Crippen LogP contribution in [0, 0.1) is 29.1 Å². The number of carbonyl (C=O) groups is 2. The minimum atomic E-state index is -0.239. The van der Waals surface area contributed by atoms with E-state index >= 15 is 0 Å². The van der Waals surface area contributed by atoms with Crippen LogP contribution in [-0.4, -0.2) is 24.6 Å². The molecule has 5 atom stereocenters. The maximum absolute atomic E-state index is 12.1. The third kappa shape index (κ3) is 1.95. The van der Waals surface area contributed by atoms with Crippen LogP contribution >= 0.6 is 0 Å². The van der Waals surface area contributed by atoms with Gasteiger partial charge in [-0.05, 0) is 43.4 Å². The van der Waals surface area contributed by atoms with Gasteiger partial charge >= 0.3 is 11.9 Å². The molecule has 0 N–H and O–H groups in total. The van der Waals surface area contributed by atoms with Crippen molar-refractivity contribution in [3.8, 4) is 0 Å². The van der Waals surface area contributed by atoms with E-state index in [4.69, 9.17) is 9.47 Å². The molecule has 4 heteroatoms. The van der Waals surface area contributed by atoms with Crippen molar-refractivity contribution in [1.29, 1.82) is 0 Å². The lowest BCUT2D eigenvalue weighted by molar-refractivity contribution is -0.160. The molecule has 5 unspecified atom stereocenters. The first kappa shape index (κ1) is 13.9. The molecule has 2 saturated carbocycles. The van der Waals surface area contributed by atoms with Crippen LogP contribution in [0.2, 0.25) is 0 Å². The number of cyclic esters (lactones) is 1. The number of ether oxygens (including phenoxy) is 2. The van der Waals surface area contributed by atoms with Crippen molar-refractivity contribution in [2.24, 2.45) is 29.1 Å². The number of rotatable bonds is 3. The minimum Gasteiger partial charge on any atom is -0.465 e. The maximum Gasteiger partial charge on any atom is 0.312 e. The standard InChI is InChI=1S/C16H24O4/c1-9(2)10(3)14(17)20-13-7-12-6-11(13)8-16(12)4-5-19-15(16)18/h9-13H,4-8H2,1-3H3. The molecule has 1 saturated heterocycles. The summed E-state index contributed by atoms with van der Waals surface area (Å²) in [6.45, 7) is 6.57. The van der Waals surface area contributed by atoms with Crippen molar-refractivity contribution >= 4 is 11.9 Å². The second-order valence-electron chi connectivity index (χ2n) is 7.18. The molecule has 112 valence electrons. The molecule has 3 rings (SSSR count). The van der Waals surface area contributed by atoms with Crippen LogP contribution < -0.4 is 0 Å². The van der Waals surface area contributed by atoms with Gasteiger partial charge in [-0.3, -0.25) is 9.59 Å². The first-order valence-corrected chi connectivity index (χ1v) is 7.82. The van der Waals surface area contributed by atoms with Crippen molar-refractivity contribution in [2.75, 3.05) is 6.61 Å². The van der Waals surface area contributed by atoms with Crippen LogP contribution in [0.3, 0.4) is 0 Å². The quantitative estimate of drug-likeness (QED) is 0.746. The Morgan fingerprint density at radius 3 is 2.60 bits per heavy atom. The molecule has 20 heavy (non-hydrogen) atoms. The van der Waals surface area contributed by atoms with E-state index in [0.29, 0.717) is 24.4 Å². The number of fused-ring (bicyclic) bond motifs is 3. The van der Waals surface area contributed by atoms with Gasteiger partial charge in [0.1, 0.15) is 6.10 Å². The summed E-state index contributed by atoms with van der Waals surface area (Å²) in [7, 11) is 0. The predicted octanol–water partition coefficient (Wildman–Crippen LogP) is 2.55. The molecule has 2 bridgehead atoms. The fraction of sp³-hybridized carbons (Fsp3) is 0.875. The van der Waals surface area contributed by atoms with E-state index in [1.54, 1.807) is 0 Å². The van der Waals surface area contributed by atoms with Crippen LogP contribution in [0.1, 0.15) is 46.5 Å². The summed E-state index contributed by atoms with van der Waals surface area (Å²) >= 11 is 0. The van der Waals surface area contributed by atoms with Crippen molar-refractivity contribution in [3.63, 3.8) is 0 Å². The largest absolute Gasteiger partial charge is 0.465 e. The summed E-state index contributed by atoms with van der Waals surface area (Å²) in [5.41, 5.74) is -0.239. The van der Waals surface area contributed by atoms with Gasteiger partial charge in [0.25, 0.3) is 0 Å². The zero-order valence-electron chi connectivity index (χ0n) is 12.6. The number of hydrogen-bond donors (Lipinski definition) is 0. The van der Waals surface area contributed by atoms with Crippen LogP contribution in [0.4, 0.5) is 0 Å². The van der Waals surface area contributed by atoms with E-state index in [0.717, 1.165) is 25.7 Å². The van der Waals surface area contributed by atoms with Crippen molar-refractivity contribution in [3.05, 3.63) is 0 Å². The van der Waals surface area contributed by atoms with Crippen LogP contribution in [-0.2, 0) is 19.1 Å². The fourth-order valence-corrected chi connectivity index (χ4v) is 4.19. The predicted molar refractivity (Wildman–Crippen MR) is 72.7 cm³/mol. The third-order valence-electron chi connectivity index (χ3n) is 5.86. The Hall–Kier alpha value is -1.06. The summed E-state index contributed by atoms with van der Waals surface area (Å²) in [6, 6.07) is 0. The highest BCUT2D eigenvalue weighted by Gasteiger charge is 2.62. The summed E-state index contributed by atoms with van der Waals surface area (Å²) < 4.78 is 10.9.